The van der Waals surface area contributed by atoms with E-state index in [0.717, 1.165) is 5.57 Å². The van der Waals surface area contributed by atoms with E-state index >= 15 is 0 Å². The van der Waals surface area contributed by atoms with Gasteiger partial charge in [0.1, 0.15) is 0 Å². The third kappa shape index (κ3) is 4.31. The van der Waals surface area contributed by atoms with Crippen molar-refractivity contribution in [1.82, 2.24) is 0 Å². The molecule has 0 heterocycles. The molecule has 0 aliphatic rings. The molecule has 0 aliphatic carbocycles. The van der Waals surface area contributed by atoms with Crippen LogP contribution in [0, 0.1) is 5.41 Å². The van der Waals surface area contributed by atoms with E-state index in [9.17, 15) is 0 Å². The molecule has 0 bridgehead atoms. The normalized spacial score (nSPS) is 13.4. The maximum Gasteiger partial charge on any atom is -0.00720 e. The molecule has 0 N–H and O–H groups in total. The summed E-state index contributed by atoms with van der Waals surface area (Å²) < 4.78 is 0. The average molecular weight is 170 g/mol. The van der Waals surface area contributed by atoms with E-state index in [1.165, 1.54) is 4.91 Å². The first kappa shape index (κ1) is 10.8. The van der Waals surface area contributed by atoms with Crippen molar-refractivity contribution in [3.05, 3.63) is 23.1 Å². The minimum atomic E-state index is 0.262. The number of hydrogen-bond donors (Lipinski definition) is 0. The van der Waals surface area contributed by atoms with E-state index in [4.69, 9.17) is 0 Å². The Balaban J connectivity index is 4.54. The lowest BCUT2D eigenvalue weighted by molar-refractivity contribution is 0.533. The minimum absolute atomic E-state index is 0.262. The van der Waals surface area contributed by atoms with Gasteiger partial charge in [0.25, 0.3) is 0 Å². The molecule has 0 saturated carbocycles. The molecule has 0 spiro atoms. The van der Waals surface area contributed by atoms with Gasteiger partial charge in [-0.25, -0.2) is 0 Å². The van der Waals surface area contributed by atoms with E-state index in [0.29, 0.717) is 0 Å². The van der Waals surface area contributed by atoms with Gasteiger partial charge in [-0.2, -0.15) is 0 Å². The number of thioether (sulfide) groups is 1. The van der Waals surface area contributed by atoms with E-state index in [1.807, 2.05) is 6.92 Å². The van der Waals surface area contributed by atoms with Crippen LogP contribution < -0.4 is 0 Å². The molecule has 64 valence electrons. The largest absolute Gasteiger partial charge is 0.133 e. The van der Waals surface area contributed by atoms with E-state index in [2.05, 4.69) is 39.7 Å². The Morgan fingerprint density at radius 3 is 1.91 bits per heavy atom. The Hall–Kier alpha value is -0.170. The zero-order valence-electron chi connectivity index (χ0n) is 8.19. The van der Waals surface area contributed by atoms with Gasteiger partial charge in [-0.05, 0) is 29.6 Å². The molecule has 0 rings (SSSR count). The van der Waals surface area contributed by atoms with Crippen molar-refractivity contribution in [3.63, 3.8) is 0 Å². The predicted octanol–water partition coefficient (Wildman–Crippen LogP) is 3.86. The first-order chi connectivity index (χ1) is 4.88. The molecular formula is C10H18S. The van der Waals surface area contributed by atoms with Crippen LogP contribution in [0.2, 0.25) is 0 Å². The highest BCUT2D eigenvalue weighted by Gasteiger charge is 2.15. The molecule has 0 atom stereocenters. The summed E-state index contributed by atoms with van der Waals surface area (Å²) in [5.74, 6) is 0. The molecule has 0 nitrogen and oxygen atoms in total. The second-order valence-electron chi connectivity index (χ2n) is 3.81. The first-order valence-corrected chi connectivity index (χ1v) is 5.02. The van der Waals surface area contributed by atoms with Gasteiger partial charge in [0.2, 0.25) is 0 Å². The van der Waals surface area contributed by atoms with Gasteiger partial charge in [0, 0.05) is 0 Å². The summed E-state index contributed by atoms with van der Waals surface area (Å²) in [7, 11) is 0. The summed E-state index contributed by atoms with van der Waals surface area (Å²) in [6, 6.07) is 0. The van der Waals surface area contributed by atoms with Gasteiger partial charge >= 0.3 is 0 Å². The van der Waals surface area contributed by atoms with Crippen LogP contribution in [-0.2, 0) is 0 Å². The van der Waals surface area contributed by atoms with Crippen LogP contribution in [0.4, 0.5) is 0 Å². The highest BCUT2D eigenvalue weighted by Crippen LogP contribution is 2.33. The smallest absolute Gasteiger partial charge is 0.00720 e. The lowest BCUT2D eigenvalue weighted by Crippen LogP contribution is -2.06. The van der Waals surface area contributed by atoms with Gasteiger partial charge in [-0.15, -0.1) is 11.8 Å². The number of allylic oxidation sites excluding steroid dienone is 3. The Bertz CT molecular complexity index is 170. The van der Waals surface area contributed by atoms with Gasteiger partial charge in [0.05, 0.1) is 0 Å². The topological polar surface area (TPSA) is 0 Å². The second kappa shape index (κ2) is 4.01. The van der Waals surface area contributed by atoms with Crippen molar-refractivity contribution in [2.75, 3.05) is 6.26 Å². The molecule has 11 heavy (non-hydrogen) atoms. The molecular weight excluding hydrogens is 152 g/mol. The van der Waals surface area contributed by atoms with Gasteiger partial charge in [-0.3, -0.25) is 0 Å². The van der Waals surface area contributed by atoms with Crippen molar-refractivity contribution >= 4 is 11.8 Å². The highest BCUT2D eigenvalue weighted by molar-refractivity contribution is 8.02. The quantitative estimate of drug-likeness (QED) is 0.567. The van der Waals surface area contributed by atoms with Crippen LogP contribution in [0.25, 0.3) is 0 Å². The van der Waals surface area contributed by atoms with Gasteiger partial charge < -0.3 is 0 Å². The highest BCUT2D eigenvalue weighted by atomic mass is 32.2. The fourth-order valence-electron chi connectivity index (χ4n) is 0.805. The monoisotopic (exact) mass is 170 g/mol. The molecule has 0 unspecified atom stereocenters. The van der Waals surface area contributed by atoms with Crippen molar-refractivity contribution in [2.45, 2.75) is 27.7 Å². The molecule has 1 heteroatoms. The maximum absolute atomic E-state index is 3.87. The maximum atomic E-state index is 3.87. The van der Waals surface area contributed by atoms with Crippen molar-refractivity contribution in [2.24, 2.45) is 5.41 Å². The fourth-order valence-corrected chi connectivity index (χ4v) is 1.74. The second-order valence-corrected chi connectivity index (χ2v) is 4.66. The van der Waals surface area contributed by atoms with Crippen molar-refractivity contribution in [3.8, 4) is 0 Å². The minimum Gasteiger partial charge on any atom is -0.133 e. The number of hydrogen-bond acceptors (Lipinski definition) is 1. The molecule has 0 aliphatic heterocycles. The van der Waals surface area contributed by atoms with Crippen LogP contribution in [-0.4, -0.2) is 6.26 Å². The molecule has 0 aromatic heterocycles. The van der Waals surface area contributed by atoms with E-state index in [-0.39, 0.29) is 5.41 Å². The van der Waals surface area contributed by atoms with Crippen molar-refractivity contribution in [1.29, 1.82) is 0 Å². The molecule has 0 aromatic rings. The Labute approximate surface area is 74.8 Å². The van der Waals surface area contributed by atoms with E-state index in [1.54, 1.807) is 11.8 Å². The van der Waals surface area contributed by atoms with Gasteiger partial charge in [0.15, 0.2) is 0 Å². The summed E-state index contributed by atoms with van der Waals surface area (Å²) in [4.78, 5) is 1.39. The molecule has 0 radical (unpaired) electrons. The van der Waals surface area contributed by atoms with Gasteiger partial charge in [-0.1, -0.05) is 32.9 Å². The zero-order chi connectivity index (χ0) is 9.07. The summed E-state index contributed by atoms with van der Waals surface area (Å²) in [5, 5.41) is 0. The van der Waals surface area contributed by atoms with Crippen LogP contribution >= 0.6 is 11.8 Å². The number of rotatable bonds is 2. The molecule has 0 amide bonds. The third-order valence-corrected chi connectivity index (χ3v) is 2.51. The molecule has 0 aromatic carbocycles. The lowest BCUT2D eigenvalue weighted by Gasteiger charge is -2.21. The Kier molecular flexibility index (Phi) is 3.95. The SMILES string of the molecule is C=C(C)/C=C(\SC)C(C)(C)C. The summed E-state index contributed by atoms with van der Waals surface area (Å²) >= 11 is 1.81. The molecule has 0 fully saturated rings. The van der Waals surface area contributed by atoms with Crippen LogP contribution in [0.5, 0.6) is 0 Å². The standard InChI is InChI=1S/C10H18S/c1-8(2)7-9(11-6)10(3,4)5/h7H,1H2,2-6H3/b9-7-. The summed E-state index contributed by atoms with van der Waals surface area (Å²) in [5.41, 5.74) is 1.39. The average Bonchev–Trinajstić information content (AvgIpc) is 1.79. The van der Waals surface area contributed by atoms with E-state index < -0.39 is 0 Å². The first-order valence-electron chi connectivity index (χ1n) is 3.79. The summed E-state index contributed by atoms with van der Waals surface area (Å²) in [6.07, 6.45) is 4.27. The van der Waals surface area contributed by atoms with Crippen molar-refractivity contribution < 1.29 is 0 Å². The predicted molar refractivity (Wildman–Crippen MR) is 55.9 cm³/mol. The van der Waals surface area contributed by atoms with Crippen LogP contribution in [0.1, 0.15) is 27.7 Å². The Morgan fingerprint density at radius 2 is 1.82 bits per heavy atom. The third-order valence-electron chi connectivity index (χ3n) is 1.34. The fraction of sp³-hybridized carbons (Fsp3) is 0.600. The zero-order valence-corrected chi connectivity index (χ0v) is 9.01. The lowest BCUT2D eigenvalue weighted by atomic mass is 9.95. The Morgan fingerprint density at radius 1 is 1.36 bits per heavy atom. The molecule has 0 saturated heterocycles. The van der Waals surface area contributed by atoms with Crippen LogP contribution in [0.3, 0.4) is 0 Å². The summed E-state index contributed by atoms with van der Waals surface area (Å²) in [6.45, 7) is 12.6. The van der Waals surface area contributed by atoms with Crippen LogP contribution in [0.15, 0.2) is 23.1 Å².